The molecule has 0 N–H and O–H groups in total. The smallest absolute Gasteiger partial charge is 0.246 e. The van der Waals surface area contributed by atoms with E-state index in [9.17, 15) is 10.1 Å². The number of allylic oxidation sites excluding steroid dienone is 1. The summed E-state index contributed by atoms with van der Waals surface area (Å²) < 4.78 is 10.4. The molecule has 2 bridgehead atoms. The van der Waals surface area contributed by atoms with Crippen LogP contribution in [0, 0.1) is 10.1 Å². The lowest BCUT2D eigenvalue weighted by molar-refractivity contribution is -0.425. The zero-order valence-corrected chi connectivity index (χ0v) is 8.80. The molecule has 0 aliphatic carbocycles. The van der Waals surface area contributed by atoms with Crippen LogP contribution >= 0.6 is 0 Å². The molecule has 1 aliphatic heterocycles. The highest BCUT2D eigenvalue weighted by atomic mass is 16.7. The average Bonchev–Trinajstić information content (AvgIpc) is 2.28. The summed E-state index contributed by atoms with van der Waals surface area (Å²) in [6, 6.07) is 5.25. The van der Waals surface area contributed by atoms with Gasteiger partial charge in [-0.1, -0.05) is 6.92 Å². The number of rotatable bonds is 3. The van der Waals surface area contributed by atoms with Crippen LogP contribution in [0.3, 0.4) is 0 Å². The number of hydrogen-bond donors (Lipinski definition) is 0. The lowest BCUT2D eigenvalue weighted by atomic mass is 10.1. The van der Waals surface area contributed by atoms with Crippen molar-refractivity contribution in [2.24, 2.45) is 0 Å². The van der Waals surface area contributed by atoms with Crippen LogP contribution in [-0.4, -0.2) is 11.7 Å². The molecule has 0 radical (unpaired) electrons. The fourth-order valence-corrected chi connectivity index (χ4v) is 1.47. The van der Waals surface area contributed by atoms with Crippen LogP contribution in [0.1, 0.15) is 18.9 Å². The first-order chi connectivity index (χ1) is 7.70. The van der Waals surface area contributed by atoms with E-state index in [1.165, 1.54) is 6.08 Å². The summed E-state index contributed by atoms with van der Waals surface area (Å²) >= 11 is 0. The van der Waals surface area contributed by atoms with E-state index in [1.807, 2.05) is 0 Å². The van der Waals surface area contributed by atoms with E-state index in [0.717, 1.165) is 5.75 Å². The highest BCUT2D eigenvalue weighted by Gasteiger charge is 2.13. The first-order valence-electron chi connectivity index (χ1n) is 4.95. The molecule has 0 spiro atoms. The van der Waals surface area contributed by atoms with Gasteiger partial charge in [0.25, 0.3) is 0 Å². The molecule has 1 aromatic carbocycles. The molecule has 84 valence electrons. The minimum absolute atomic E-state index is 0.156. The van der Waals surface area contributed by atoms with Gasteiger partial charge in [-0.25, -0.2) is 0 Å². The second-order valence-electron chi connectivity index (χ2n) is 3.35. The lowest BCUT2D eigenvalue weighted by Gasteiger charge is -2.17. The zero-order chi connectivity index (χ0) is 11.5. The monoisotopic (exact) mass is 221 g/mol. The van der Waals surface area contributed by atoms with Crippen LogP contribution < -0.4 is 9.47 Å². The van der Waals surface area contributed by atoms with Gasteiger partial charge in [0.1, 0.15) is 11.5 Å². The zero-order valence-electron chi connectivity index (χ0n) is 8.80. The molecule has 0 aromatic heterocycles. The Morgan fingerprint density at radius 3 is 3.06 bits per heavy atom. The summed E-state index contributed by atoms with van der Waals surface area (Å²) in [6.07, 6.45) is 1.91. The van der Waals surface area contributed by atoms with Crippen LogP contribution in [0.4, 0.5) is 0 Å². The number of benzene rings is 1. The third kappa shape index (κ3) is 1.98. The van der Waals surface area contributed by atoms with E-state index in [-0.39, 0.29) is 17.4 Å². The van der Waals surface area contributed by atoms with E-state index in [1.54, 1.807) is 25.1 Å². The van der Waals surface area contributed by atoms with Crippen LogP contribution in [0.25, 0.3) is 6.08 Å². The summed E-state index contributed by atoms with van der Waals surface area (Å²) in [5.74, 6) is 1.34. The Labute approximate surface area is 92.4 Å². The second-order valence-corrected chi connectivity index (χ2v) is 3.35. The van der Waals surface area contributed by atoms with E-state index in [0.29, 0.717) is 17.7 Å². The van der Waals surface area contributed by atoms with Crippen molar-refractivity contribution in [2.45, 2.75) is 13.3 Å². The first-order valence-corrected chi connectivity index (χ1v) is 4.95. The lowest BCUT2D eigenvalue weighted by Crippen LogP contribution is -2.11. The molecule has 0 unspecified atom stereocenters. The molecule has 1 aromatic rings. The van der Waals surface area contributed by atoms with Crippen LogP contribution in [0.15, 0.2) is 23.9 Å². The fourth-order valence-electron chi connectivity index (χ4n) is 1.47. The van der Waals surface area contributed by atoms with Gasteiger partial charge in [-0.15, -0.1) is 0 Å². The fraction of sp³-hybridized carbons (Fsp3) is 0.273. The summed E-state index contributed by atoms with van der Waals surface area (Å²) in [5.41, 5.74) is 0.875. The van der Waals surface area contributed by atoms with Crippen LogP contribution in [0.2, 0.25) is 0 Å². The van der Waals surface area contributed by atoms with E-state index in [4.69, 9.17) is 9.47 Å². The quantitative estimate of drug-likeness (QED) is 0.581. The summed E-state index contributed by atoms with van der Waals surface area (Å²) in [7, 11) is 0. The Morgan fingerprint density at radius 1 is 1.56 bits per heavy atom. The molecule has 0 atom stereocenters. The number of hydrogen-bond acceptors (Lipinski definition) is 4. The van der Waals surface area contributed by atoms with Gasteiger partial charge in [-0.2, -0.15) is 0 Å². The van der Waals surface area contributed by atoms with Gasteiger partial charge < -0.3 is 9.47 Å². The molecule has 2 rings (SSSR count). The molecule has 16 heavy (non-hydrogen) atoms. The Hall–Kier alpha value is -2.04. The maximum atomic E-state index is 10.7. The molecule has 1 aliphatic rings. The average molecular weight is 221 g/mol. The van der Waals surface area contributed by atoms with Crippen LogP contribution in [-0.2, 0) is 0 Å². The standard InChI is InChI=1S/C11H11NO4/c1-2-9(12(13)14)5-8-3-4-10-6-11(8)16-7-15-10/h3-6H,2,7H2,1H3/b9-5+. The van der Waals surface area contributed by atoms with E-state index < -0.39 is 0 Å². The minimum atomic E-state index is -0.375. The molecule has 5 heteroatoms. The van der Waals surface area contributed by atoms with Crippen molar-refractivity contribution in [1.29, 1.82) is 0 Å². The number of nitrogens with zero attached hydrogens (tertiary/aromatic N) is 1. The number of ether oxygens (including phenoxy) is 2. The van der Waals surface area contributed by atoms with Gasteiger partial charge in [-0.05, 0) is 12.1 Å². The van der Waals surface area contributed by atoms with Gasteiger partial charge in [0.2, 0.25) is 12.5 Å². The van der Waals surface area contributed by atoms with Crippen molar-refractivity contribution in [3.05, 3.63) is 39.6 Å². The molecule has 0 amide bonds. The van der Waals surface area contributed by atoms with E-state index >= 15 is 0 Å². The number of fused-ring (bicyclic) bond motifs is 2. The van der Waals surface area contributed by atoms with Gasteiger partial charge in [0, 0.05) is 24.1 Å². The Morgan fingerprint density at radius 2 is 2.38 bits per heavy atom. The first kappa shape index (κ1) is 10.5. The third-order valence-electron chi connectivity index (χ3n) is 2.34. The van der Waals surface area contributed by atoms with Gasteiger partial charge >= 0.3 is 0 Å². The number of nitro groups is 1. The molecular weight excluding hydrogens is 210 g/mol. The molecule has 5 nitrogen and oxygen atoms in total. The summed E-state index contributed by atoms with van der Waals surface area (Å²) in [5, 5.41) is 10.7. The molecular formula is C11H11NO4. The molecule has 0 fully saturated rings. The maximum Gasteiger partial charge on any atom is 0.246 e. The van der Waals surface area contributed by atoms with Crippen molar-refractivity contribution in [3.8, 4) is 11.5 Å². The maximum absolute atomic E-state index is 10.7. The Balaban J connectivity index is 2.38. The van der Waals surface area contributed by atoms with Crippen molar-refractivity contribution >= 4 is 6.08 Å². The minimum Gasteiger partial charge on any atom is -0.457 e. The Bertz CT molecular complexity index is 453. The SMILES string of the molecule is CC/C(=C\c1ccc2cc1OCO2)[N+](=O)[O-]. The van der Waals surface area contributed by atoms with Crippen molar-refractivity contribution < 1.29 is 14.4 Å². The normalized spacial score (nSPS) is 13.9. The van der Waals surface area contributed by atoms with Gasteiger partial charge in [0.05, 0.1) is 4.92 Å². The summed E-state index contributed by atoms with van der Waals surface area (Å²) in [4.78, 5) is 10.3. The van der Waals surface area contributed by atoms with Gasteiger partial charge in [-0.3, -0.25) is 10.1 Å². The second kappa shape index (κ2) is 4.22. The van der Waals surface area contributed by atoms with Crippen molar-refractivity contribution in [2.75, 3.05) is 6.79 Å². The predicted molar refractivity (Wildman–Crippen MR) is 57.8 cm³/mol. The van der Waals surface area contributed by atoms with E-state index in [2.05, 4.69) is 0 Å². The highest BCUT2D eigenvalue weighted by Crippen LogP contribution is 2.30. The van der Waals surface area contributed by atoms with Gasteiger partial charge in [0.15, 0.2) is 0 Å². The third-order valence-corrected chi connectivity index (χ3v) is 2.34. The highest BCUT2D eigenvalue weighted by molar-refractivity contribution is 5.60. The largest absolute Gasteiger partial charge is 0.457 e. The molecule has 1 heterocycles. The molecule has 0 saturated heterocycles. The van der Waals surface area contributed by atoms with Crippen molar-refractivity contribution in [1.82, 2.24) is 0 Å². The summed E-state index contributed by atoms with van der Waals surface area (Å²) in [6.45, 7) is 1.90. The van der Waals surface area contributed by atoms with Crippen molar-refractivity contribution in [3.63, 3.8) is 0 Å². The topological polar surface area (TPSA) is 61.6 Å². The predicted octanol–water partition coefficient (Wildman–Crippen LogP) is 2.44. The Kier molecular flexibility index (Phi) is 2.76. The molecule has 0 saturated carbocycles. The van der Waals surface area contributed by atoms with Crippen LogP contribution in [0.5, 0.6) is 11.5 Å².